The largest absolute Gasteiger partial charge is 0.481 e. The van der Waals surface area contributed by atoms with Crippen molar-refractivity contribution < 1.29 is 9.90 Å². The van der Waals surface area contributed by atoms with Gasteiger partial charge in [0.15, 0.2) is 0 Å². The molecule has 0 aromatic heterocycles. The van der Waals surface area contributed by atoms with Crippen LogP contribution in [0.2, 0.25) is 0 Å². The van der Waals surface area contributed by atoms with Gasteiger partial charge in [-0.2, -0.15) is 0 Å². The molecule has 0 spiro atoms. The molecular formula is C11H18O2. The third-order valence-electron chi connectivity index (χ3n) is 3.90. The molecule has 0 aromatic carbocycles. The fraction of sp³-hybridized carbons (Fsp3) is 0.909. The topological polar surface area (TPSA) is 37.3 Å². The van der Waals surface area contributed by atoms with Crippen molar-refractivity contribution in [2.45, 2.75) is 45.4 Å². The summed E-state index contributed by atoms with van der Waals surface area (Å²) in [6, 6.07) is 0. The van der Waals surface area contributed by atoms with E-state index in [4.69, 9.17) is 0 Å². The number of carboxylic acids is 1. The average Bonchev–Trinajstić information content (AvgIpc) is 2.77. The lowest BCUT2D eigenvalue weighted by Crippen LogP contribution is -2.34. The van der Waals surface area contributed by atoms with Crippen molar-refractivity contribution in [3.8, 4) is 0 Å². The maximum Gasteiger partial charge on any atom is 0.309 e. The quantitative estimate of drug-likeness (QED) is 0.725. The third-order valence-corrected chi connectivity index (χ3v) is 3.90. The van der Waals surface area contributed by atoms with E-state index in [0.29, 0.717) is 11.8 Å². The zero-order valence-electron chi connectivity index (χ0n) is 8.25. The molecule has 2 fully saturated rings. The molecule has 2 nitrogen and oxygen atoms in total. The molecule has 0 aliphatic heterocycles. The second-order valence-electron chi connectivity index (χ2n) is 5.00. The van der Waals surface area contributed by atoms with Gasteiger partial charge in [-0.15, -0.1) is 0 Å². The van der Waals surface area contributed by atoms with Gasteiger partial charge in [-0.05, 0) is 38.0 Å². The highest BCUT2D eigenvalue weighted by Gasteiger charge is 2.48. The Bertz CT molecular complexity index is 216. The van der Waals surface area contributed by atoms with Crippen molar-refractivity contribution >= 4 is 5.97 Å². The van der Waals surface area contributed by atoms with Crippen molar-refractivity contribution in [2.75, 3.05) is 0 Å². The average molecular weight is 182 g/mol. The fourth-order valence-corrected chi connectivity index (χ4v) is 2.45. The molecule has 2 aliphatic carbocycles. The number of aliphatic carboxylic acids is 1. The SMILES string of the molecule is CC(CC1CCC1)(C(=O)O)C1CC1. The van der Waals surface area contributed by atoms with E-state index in [1.165, 1.54) is 19.3 Å². The molecule has 0 amide bonds. The van der Waals surface area contributed by atoms with Gasteiger partial charge in [-0.3, -0.25) is 4.79 Å². The summed E-state index contributed by atoms with van der Waals surface area (Å²) in [5, 5.41) is 9.21. The molecule has 2 heteroatoms. The van der Waals surface area contributed by atoms with Crippen LogP contribution in [-0.4, -0.2) is 11.1 Å². The molecule has 1 N–H and O–H groups in total. The van der Waals surface area contributed by atoms with Crippen molar-refractivity contribution in [3.63, 3.8) is 0 Å². The zero-order valence-corrected chi connectivity index (χ0v) is 8.25. The molecule has 0 radical (unpaired) electrons. The van der Waals surface area contributed by atoms with Gasteiger partial charge in [0, 0.05) is 0 Å². The predicted molar refractivity (Wildman–Crippen MR) is 50.4 cm³/mol. The summed E-state index contributed by atoms with van der Waals surface area (Å²) >= 11 is 0. The molecule has 1 unspecified atom stereocenters. The number of rotatable bonds is 4. The summed E-state index contributed by atoms with van der Waals surface area (Å²) in [5.41, 5.74) is -0.398. The normalized spacial score (nSPS) is 27.8. The minimum absolute atomic E-state index is 0.398. The molecule has 13 heavy (non-hydrogen) atoms. The second kappa shape index (κ2) is 3.00. The van der Waals surface area contributed by atoms with E-state index in [-0.39, 0.29) is 0 Å². The van der Waals surface area contributed by atoms with Crippen LogP contribution in [-0.2, 0) is 4.79 Å². The van der Waals surface area contributed by atoms with E-state index >= 15 is 0 Å². The van der Waals surface area contributed by atoms with Gasteiger partial charge in [0.1, 0.15) is 0 Å². The summed E-state index contributed by atoms with van der Waals surface area (Å²) in [6.07, 6.45) is 7.02. The zero-order chi connectivity index (χ0) is 9.47. The lowest BCUT2D eigenvalue weighted by molar-refractivity contribution is -0.151. The monoisotopic (exact) mass is 182 g/mol. The van der Waals surface area contributed by atoms with Gasteiger partial charge in [-0.1, -0.05) is 19.3 Å². The van der Waals surface area contributed by atoms with Crippen LogP contribution in [0.15, 0.2) is 0 Å². The van der Waals surface area contributed by atoms with E-state index in [2.05, 4.69) is 0 Å². The van der Waals surface area contributed by atoms with Gasteiger partial charge in [0.2, 0.25) is 0 Å². The van der Waals surface area contributed by atoms with E-state index < -0.39 is 11.4 Å². The van der Waals surface area contributed by atoms with Gasteiger partial charge >= 0.3 is 5.97 Å². The Kier molecular flexibility index (Phi) is 2.09. The maximum atomic E-state index is 11.2. The minimum atomic E-state index is -0.568. The van der Waals surface area contributed by atoms with Gasteiger partial charge < -0.3 is 5.11 Å². The third kappa shape index (κ3) is 1.59. The summed E-state index contributed by atoms with van der Waals surface area (Å²) in [4.78, 5) is 11.2. The fourth-order valence-electron chi connectivity index (χ4n) is 2.45. The summed E-state index contributed by atoms with van der Waals surface area (Å²) in [6.45, 7) is 1.95. The number of carboxylic acid groups (broad SMARTS) is 1. The smallest absolute Gasteiger partial charge is 0.309 e. The van der Waals surface area contributed by atoms with E-state index in [0.717, 1.165) is 19.3 Å². The van der Waals surface area contributed by atoms with Crippen LogP contribution in [0, 0.1) is 17.3 Å². The van der Waals surface area contributed by atoms with Crippen LogP contribution >= 0.6 is 0 Å². The van der Waals surface area contributed by atoms with Crippen molar-refractivity contribution in [3.05, 3.63) is 0 Å². The molecule has 0 saturated heterocycles. The molecular weight excluding hydrogens is 164 g/mol. The van der Waals surface area contributed by atoms with Gasteiger partial charge in [-0.25, -0.2) is 0 Å². The molecule has 2 aliphatic rings. The standard InChI is InChI=1S/C11H18O2/c1-11(10(12)13,9-5-6-9)7-8-3-2-4-8/h8-9H,2-7H2,1H3,(H,12,13). The molecule has 2 rings (SSSR count). The lowest BCUT2D eigenvalue weighted by atomic mass is 9.70. The molecule has 74 valence electrons. The lowest BCUT2D eigenvalue weighted by Gasteiger charge is -2.34. The van der Waals surface area contributed by atoms with Crippen molar-refractivity contribution in [1.82, 2.24) is 0 Å². The minimum Gasteiger partial charge on any atom is -0.481 e. The Labute approximate surface area is 79.3 Å². The first-order valence-electron chi connectivity index (χ1n) is 5.36. The highest BCUT2D eigenvalue weighted by molar-refractivity contribution is 5.75. The molecule has 0 bridgehead atoms. The first kappa shape index (κ1) is 9.04. The van der Waals surface area contributed by atoms with Crippen molar-refractivity contribution in [2.24, 2.45) is 17.3 Å². The summed E-state index contributed by atoms with van der Waals surface area (Å²) < 4.78 is 0. The highest BCUT2D eigenvalue weighted by atomic mass is 16.4. The second-order valence-corrected chi connectivity index (χ2v) is 5.00. The van der Waals surface area contributed by atoms with Crippen LogP contribution in [0.1, 0.15) is 45.4 Å². The van der Waals surface area contributed by atoms with Crippen molar-refractivity contribution in [1.29, 1.82) is 0 Å². The maximum absolute atomic E-state index is 11.2. The van der Waals surface area contributed by atoms with E-state index in [9.17, 15) is 9.90 Å². The van der Waals surface area contributed by atoms with Crippen LogP contribution in [0.4, 0.5) is 0 Å². The number of hydrogen-bond acceptors (Lipinski definition) is 1. The van der Waals surface area contributed by atoms with E-state index in [1.807, 2.05) is 6.92 Å². The first-order chi connectivity index (χ1) is 6.13. The Morgan fingerprint density at radius 3 is 2.31 bits per heavy atom. The van der Waals surface area contributed by atoms with E-state index in [1.54, 1.807) is 0 Å². The first-order valence-corrected chi connectivity index (χ1v) is 5.36. The Morgan fingerprint density at radius 2 is 2.00 bits per heavy atom. The number of hydrogen-bond donors (Lipinski definition) is 1. The van der Waals surface area contributed by atoms with Crippen LogP contribution in [0.3, 0.4) is 0 Å². The Balaban J connectivity index is 1.98. The van der Waals surface area contributed by atoms with Crippen LogP contribution in [0.25, 0.3) is 0 Å². The summed E-state index contributed by atoms with van der Waals surface area (Å²) in [5.74, 6) is 0.620. The Hall–Kier alpha value is -0.530. The molecule has 1 atom stereocenters. The molecule has 2 saturated carbocycles. The van der Waals surface area contributed by atoms with Crippen LogP contribution in [0.5, 0.6) is 0 Å². The van der Waals surface area contributed by atoms with Crippen LogP contribution < -0.4 is 0 Å². The molecule has 0 aromatic rings. The van der Waals surface area contributed by atoms with Gasteiger partial charge in [0.05, 0.1) is 5.41 Å². The number of carbonyl (C=O) groups is 1. The highest BCUT2D eigenvalue weighted by Crippen LogP contribution is 2.51. The summed E-state index contributed by atoms with van der Waals surface area (Å²) in [7, 11) is 0. The Morgan fingerprint density at radius 1 is 1.38 bits per heavy atom. The molecule has 0 heterocycles. The predicted octanol–water partition coefficient (Wildman–Crippen LogP) is 2.68. The van der Waals surface area contributed by atoms with Gasteiger partial charge in [0.25, 0.3) is 0 Å².